The van der Waals surface area contributed by atoms with Crippen LogP contribution in [0, 0.1) is 0 Å². The summed E-state index contributed by atoms with van der Waals surface area (Å²) < 4.78 is 5.88. The average Bonchev–Trinajstić information content (AvgIpc) is 3.21. The number of halogens is 1. The lowest BCUT2D eigenvalue weighted by atomic mass is 9.94. The van der Waals surface area contributed by atoms with Crippen LogP contribution in [0.3, 0.4) is 0 Å². The fourth-order valence-electron chi connectivity index (χ4n) is 3.45. The van der Waals surface area contributed by atoms with Gasteiger partial charge in [0.1, 0.15) is 5.76 Å². The number of piperazine rings is 1. The number of oxazole rings is 1. The Labute approximate surface area is 190 Å². The van der Waals surface area contributed by atoms with Gasteiger partial charge in [0, 0.05) is 54.4 Å². The molecule has 170 valence electrons. The first-order valence-corrected chi connectivity index (χ1v) is 11.3. The van der Waals surface area contributed by atoms with Crippen molar-refractivity contribution in [3.8, 4) is 0 Å². The van der Waals surface area contributed by atoms with Gasteiger partial charge >= 0.3 is 0 Å². The van der Waals surface area contributed by atoms with E-state index in [2.05, 4.69) is 59.3 Å². The third-order valence-corrected chi connectivity index (χ3v) is 5.73. The van der Waals surface area contributed by atoms with Crippen molar-refractivity contribution in [3.63, 3.8) is 0 Å². The smallest absolute Gasteiger partial charge is 0.213 e. The zero-order valence-electron chi connectivity index (χ0n) is 19.3. The maximum absolute atomic E-state index is 6.58. The molecule has 0 aliphatic carbocycles. The predicted octanol–water partition coefficient (Wildman–Crippen LogP) is 3.63. The normalized spacial score (nSPS) is 15.9. The summed E-state index contributed by atoms with van der Waals surface area (Å²) in [4.78, 5) is 13.9. The Kier molecular flexibility index (Phi) is 7.84. The second-order valence-corrected chi connectivity index (χ2v) is 9.35. The van der Waals surface area contributed by atoms with Gasteiger partial charge in [-0.3, -0.25) is 0 Å². The molecule has 1 aromatic carbocycles. The van der Waals surface area contributed by atoms with E-state index in [0.29, 0.717) is 24.9 Å². The molecule has 0 spiro atoms. The summed E-state index contributed by atoms with van der Waals surface area (Å²) in [5.41, 5.74) is 2.16. The van der Waals surface area contributed by atoms with Crippen LogP contribution in [-0.4, -0.2) is 55.6 Å². The lowest BCUT2D eigenvalue weighted by Gasteiger charge is -2.35. The summed E-state index contributed by atoms with van der Waals surface area (Å²) in [6.07, 6.45) is 1.80. The minimum absolute atomic E-state index is 0.0619. The molecule has 31 heavy (non-hydrogen) atoms. The first-order valence-electron chi connectivity index (χ1n) is 11.0. The molecule has 1 saturated heterocycles. The van der Waals surface area contributed by atoms with Crippen LogP contribution in [0.4, 0.5) is 5.69 Å². The summed E-state index contributed by atoms with van der Waals surface area (Å²) >= 11 is 6.58. The Hall–Kier alpha value is -2.25. The van der Waals surface area contributed by atoms with Gasteiger partial charge in [0.05, 0.1) is 19.3 Å². The van der Waals surface area contributed by atoms with Gasteiger partial charge in [0.25, 0.3) is 0 Å². The molecule has 0 amide bonds. The van der Waals surface area contributed by atoms with Gasteiger partial charge in [-0.25, -0.2) is 9.98 Å². The SMILES string of the molecule is CCNC(=NCc1c(Cl)cccc1N1CCN(C)CC1)NCc1ncc(C(C)(C)C)o1. The van der Waals surface area contributed by atoms with Crippen LogP contribution < -0.4 is 15.5 Å². The summed E-state index contributed by atoms with van der Waals surface area (Å²) in [6.45, 7) is 14.2. The molecule has 1 aliphatic rings. The number of aliphatic imine (C=N–C) groups is 1. The Balaban J connectivity index is 1.71. The zero-order valence-corrected chi connectivity index (χ0v) is 20.1. The fraction of sp³-hybridized carbons (Fsp3) is 0.565. The Morgan fingerprint density at radius 3 is 2.58 bits per heavy atom. The monoisotopic (exact) mass is 446 g/mol. The number of benzene rings is 1. The van der Waals surface area contributed by atoms with E-state index in [0.717, 1.165) is 49.1 Å². The molecule has 2 aromatic rings. The van der Waals surface area contributed by atoms with Crippen LogP contribution in [0.2, 0.25) is 5.02 Å². The van der Waals surface area contributed by atoms with Gasteiger partial charge < -0.3 is 24.9 Å². The molecule has 1 aromatic heterocycles. The first-order chi connectivity index (χ1) is 14.8. The Morgan fingerprint density at radius 2 is 1.94 bits per heavy atom. The molecule has 7 nitrogen and oxygen atoms in total. The second kappa shape index (κ2) is 10.4. The van der Waals surface area contributed by atoms with E-state index in [1.807, 2.05) is 19.1 Å². The molecule has 3 rings (SSSR count). The molecule has 2 N–H and O–H groups in total. The lowest BCUT2D eigenvalue weighted by molar-refractivity contribution is 0.312. The van der Waals surface area contributed by atoms with E-state index in [4.69, 9.17) is 21.0 Å². The summed E-state index contributed by atoms with van der Waals surface area (Å²) in [7, 11) is 2.16. The number of hydrogen-bond acceptors (Lipinski definition) is 5. The number of nitrogens with zero attached hydrogens (tertiary/aromatic N) is 4. The van der Waals surface area contributed by atoms with Crippen LogP contribution in [0.1, 0.15) is 44.9 Å². The van der Waals surface area contributed by atoms with Gasteiger partial charge in [-0.15, -0.1) is 0 Å². The molecule has 0 bridgehead atoms. The Bertz CT molecular complexity index is 880. The summed E-state index contributed by atoms with van der Waals surface area (Å²) in [5.74, 6) is 2.23. The van der Waals surface area contributed by atoms with Crippen molar-refractivity contribution in [2.45, 2.75) is 46.2 Å². The number of hydrogen-bond donors (Lipinski definition) is 2. The molecule has 1 fully saturated rings. The van der Waals surface area contributed by atoms with Gasteiger partial charge in [-0.1, -0.05) is 38.4 Å². The third-order valence-electron chi connectivity index (χ3n) is 5.38. The molecule has 2 heterocycles. The molecule has 0 unspecified atom stereocenters. The predicted molar refractivity (Wildman–Crippen MR) is 128 cm³/mol. The van der Waals surface area contributed by atoms with E-state index in [1.54, 1.807) is 6.20 Å². The van der Waals surface area contributed by atoms with Crippen LogP contribution in [0.5, 0.6) is 0 Å². The number of rotatable bonds is 6. The highest BCUT2D eigenvalue weighted by Crippen LogP contribution is 2.29. The van der Waals surface area contributed by atoms with E-state index in [9.17, 15) is 0 Å². The molecule has 0 saturated carbocycles. The maximum atomic E-state index is 6.58. The highest BCUT2D eigenvalue weighted by molar-refractivity contribution is 6.31. The van der Waals surface area contributed by atoms with Crippen molar-refractivity contribution >= 4 is 23.2 Å². The van der Waals surface area contributed by atoms with Crippen molar-refractivity contribution in [1.82, 2.24) is 20.5 Å². The van der Waals surface area contributed by atoms with E-state index >= 15 is 0 Å². The summed E-state index contributed by atoms with van der Waals surface area (Å²) in [5, 5.41) is 7.35. The van der Waals surface area contributed by atoms with Crippen LogP contribution in [0.25, 0.3) is 0 Å². The highest BCUT2D eigenvalue weighted by Gasteiger charge is 2.20. The average molecular weight is 447 g/mol. The quantitative estimate of drug-likeness (QED) is 0.521. The fourth-order valence-corrected chi connectivity index (χ4v) is 3.67. The van der Waals surface area contributed by atoms with Crippen molar-refractivity contribution in [3.05, 3.63) is 46.6 Å². The van der Waals surface area contributed by atoms with Crippen molar-refractivity contribution < 1.29 is 4.42 Å². The lowest BCUT2D eigenvalue weighted by Crippen LogP contribution is -2.44. The second-order valence-electron chi connectivity index (χ2n) is 8.94. The zero-order chi connectivity index (χ0) is 22.4. The van der Waals surface area contributed by atoms with Crippen molar-refractivity contribution in [2.75, 3.05) is 44.7 Å². The Morgan fingerprint density at radius 1 is 1.19 bits per heavy atom. The topological polar surface area (TPSA) is 68.9 Å². The van der Waals surface area contributed by atoms with Gasteiger partial charge in [-0.2, -0.15) is 0 Å². The molecule has 8 heteroatoms. The molecular weight excluding hydrogens is 412 g/mol. The molecule has 0 radical (unpaired) electrons. The van der Waals surface area contributed by atoms with E-state index in [-0.39, 0.29) is 5.41 Å². The number of likely N-dealkylation sites (N-methyl/N-ethyl adjacent to an activating group) is 1. The maximum Gasteiger partial charge on any atom is 0.213 e. The summed E-state index contributed by atoms with van der Waals surface area (Å²) in [6, 6.07) is 6.10. The van der Waals surface area contributed by atoms with Gasteiger partial charge in [-0.05, 0) is 26.1 Å². The van der Waals surface area contributed by atoms with E-state index in [1.165, 1.54) is 5.69 Å². The standard InChI is InChI=1S/C23H35ClN6O/c1-6-25-22(28-16-21-26-15-20(31-21)23(2,3)4)27-14-17-18(24)8-7-9-19(17)30-12-10-29(5)11-13-30/h7-9,15H,6,10-14,16H2,1-5H3,(H2,25,27,28). The minimum Gasteiger partial charge on any atom is -0.443 e. The minimum atomic E-state index is -0.0619. The molecule has 1 aliphatic heterocycles. The van der Waals surface area contributed by atoms with E-state index < -0.39 is 0 Å². The van der Waals surface area contributed by atoms with Gasteiger partial charge in [0.15, 0.2) is 5.96 Å². The number of aromatic nitrogens is 1. The first kappa shape index (κ1) is 23.4. The van der Waals surface area contributed by atoms with Crippen molar-refractivity contribution in [1.29, 1.82) is 0 Å². The molecule has 0 atom stereocenters. The number of nitrogens with one attached hydrogen (secondary N) is 2. The largest absolute Gasteiger partial charge is 0.443 e. The molecular formula is C23H35ClN6O. The van der Waals surface area contributed by atoms with Crippen LogP contribution >= 0.6 is 11.6 Å². The van der Waals surface area contributed by atoms with Crippen molar-refractivity contribution in [2.24, 2.45) is 4.99 Å². The number of guanidine groups is 1. The highest BCUT2D eigenvalue weighted by atomic mass is 35.5. The number of anilines is 1. The third kappa shape index (κ3) is 6.37. The van der Waals surface area contributed by atoms with Crippen LogP contribution in [-0.2, 0) is 18.5 Å². The van der Waals surface area contributed by atoms with Gasteiger partial charge in [0.2, 0.25) is 5.89 Å². The van der Waals surface area contributed by atoms with Crippen LogP contribution in [0.15, 0.2) is 33.8 Å².